The second-order valence-electron chi connectivity index (χ2n) is 6.46. The number of carbonyl (C=O) groups excluding carboxylic acids is 1. The van der Waals surface area contributed by atoms with Crippen LogP contribution in [0, 0.1) is 12.7 Å². The van der Waals surface area contributed by atoms with Crippen LogP contribution in [-0.2, 0) is 6.42 Å². The Morgan fingerprint density at radius 2 is 1.85 bits per heavy atom. The first-order valence-electron chi connectivity index (χ1n) is 8.86. The molecule has 1 atom stereocenters. The summed E-state index contributed by atoms with van der Waals surface area (Å²) in [7, 11) is 0. The largest absolute Gasteiger partial charge is 0.349 e. The third-order valence-electron chi connectivity index (χ3n) is 4.18. The predicted octanol–water partition coefficient (Wildman–Crippen LogP) is 5.09. The molecule has 140 valence electrons. The molecule has 0 saturated carbocycles. The summed E-state index contributed by atoms with van der Waals surface area (Å²) < 4.78 is 13.0. The first-order chi connectivity index (χ1) is 13.0. The lowest BCUT2D eigenvalue weighted by Gasteiger charge is -2.13. The van der Waals surface area contributed by atoms with Gasteiger partial charge in [0.15, 0.2) is 5.13 Å². The Morgan fingerprint density at radius 3 is 2.56 bits per heavy atom. The van der Waals surface area contributed by atoms with Gasteiger partial charge in [-0.3, -0.25) is 4.79 Å². The molecule has 4 nitrogen and oxygen atoms in total. The van der Waals surface area contributed by atoms with Crippen molar-refractivity contribution in [1.29, 1.82) is 0 Å². The minimum Gasteiger partial charge on any atom is -0.349 e. The zero-order chi connectivity index (χ0) is 19.2. The zero-order valence-electron chi connectivity index (χ0n) is 15.3. The van der Waals surface area contributed by atoms with Crippen molar-refractivity contribution in [3.63, 3.8) is 0 Å². The van der Waals surface area contributed by atoms with Gasteiger partial charge >= 0.3 is 0 Å². The first kappa shape index (κ1) is 19.0. The zero-order valence-corrected chi connectivity index (χ0v) is 16.1. The fourth-order valence-electron chi connectivity index (χ4n) is 2.71. The number of aromatic nitrogens is 1. The molecule has 0 spiro atoms. The van der Waals surface area contributed by atoms with Crippen LogP contribution in [0.15, 0.2) is 54.6 Å². The highest BCUT2D eigenvalue weighted by molar-refractivity contribution is 7.17. The first-order valence-corrected chi connectivity index (χ1v) is 9.67. The maximum absolute atomic E-state index is 13.0. The van der Waals surface area contributed by atoms with Crippen LogP contribution in [0.1, 0.15) is 34.3 Å². The molecule has 0 aliphatic carbocycles. The van der Waals surface area contributed by atoms with E-state index in [1.165, 1.54) is 29.0 Å². The van der Waals surface area contributed by atoms with E-state index in [0.717, 1.165) is 18.5 Å². The Hall–Kier alpha value is -2.73. The Bertz CT molecular complexity index is 894. The molecule has 0 unspecified atom stereocenters. The topological polar surface area (TPSA) is 54.0 Å². The van der Waals surface area contributed by atoms with Gasteiger partial charge in [0.2, 0.25) is 0 Å². The Balaban J connectivity index is 1.57. The van der Waals surface area contributed by atoms with Crippen LogP contribution in [-0.4, -0.2) is 16.9 Å². The van der Waals surface area contributed by atoms with Crippen LogP contribution in [0.25, 0.3) is 0 Å². The highest BCUT2D eigenvalue weighted by Crippen LogP contribution is 2.26. The molecule has 6 heteroatoms. The number of rotatable bonds is 7. The molecule has 0 aliphatic rings. The van der Waals surface area contributed by atoms with Crippen molar-refractivity contribution in [2.24, 2.45) is 0 Å². The van der Waals surface area contributed by atoms with Crippen molar-refractivity contribution in [1.82, 2.24) is 10.3 Å². The highest BCUT2D eigenvalue weighted by Gasteiger charge is 2.17. The maximum atomic E-state index is 13.0. The fraction of sp³-hybridized carbons (Fsp3) is 0.238. The number of anilines is 2. The average molecular weight is 383 g/mol. The number of aryl methyl sites for hydroxylation is 2. The number of carbonyl (C=O) groups is 1. The molecule has 0 radical (unpaired) electrons. The van der Waals surface area contributed by atoms with Crippen molar-refractivity contribution in [3.8, 4) is 0 Å². The standard InChI is InChI=1S/C21H22FN3OS/c1-14(8-9-16-6-4-3-5-7-16)23-20(26)19-15(2)24-21(27-19)25-18-12-10-17(22)11-13-18/h3-7,10-14H,8-9H2,1-2H3,(H,23,26)(H,24,25)/t14-/m0/s1. The van der Waals surface area contributed by atoms with Gasteiger partial charge in [-0.15, -0.1) is 0 Å². The van der Waals surface area contributed by atoms with Gasteiger partial charge in [-0.05, 0) is 56.5 Å². The van der Waals surface area contributed by atoms with Crippen molar-refractivity contribution >= 4 is 28.1 Å². The van der Waals surface area contributed by atoms with E-state index < -0.39 is 0 Å². The SMILES string of the molecule is Cc1nc(Nc2ccc(F)cc2)sc1C(=O)N[C@@H](C)CCc1ccccc1. The number of nitrogens with zero attached hydrogens (tertiary/aromatic N) is 1. The minimum absolute atomic E-state index is 0.0627. The van der Waals surface area contributed by atoms with Crippen molar-refractivity contribution in [3.05, 3.63) is 76.5 Å². The number of amides is 1. The quantitative estimate of drug-likeness (QED) is 0.598. The summed E-state index contributed by atoms with van der Waals surface area (Å²) in [4.78, 5) is 17.6. The molecule has 1 heterocycles. The van der Waals surface area contributed by atoms with Gasteiger partial charge in [-0.25, -0.2) is 9.37 Å². The van der Waals surface area contributed by atoms with Crippen LogP contribution in [0.3, 0.4) is 0 Å². The van der Waals surface area contributed by atoms with Crippen molar-refractivity contribution < 1.29 is 9.18 Å². The summed E-state index contributed by atoms with van der Waals surface area (Å²) in [5, 5.41) is 6.77. The number of benzene rings is 2. The molecule has 1 aromatic heterocycles. The lowest BCUT2D eigenvalue weighted by atomic mass is 10.1. The molecule has 27 heavy (non-hydrogen) atoms. The van der Waals surface area contributed by atoms with Crippen LogP contribution < -0.4 is 10.6 Å². The summed E-state index contributed by atoms with van der Waals surface area (Å²) in [6, 6.07) is 16.3. The maximum Gasteiger partial charge on any atom is 0.263 e. The Labute approximate surface area is 162 Å². The van der Waals surface area contributed by atoms with Gasteiger partial charge in [0.05, 0.1) is 5.69 Å². The number of halogens is 1. The van der Waals surface area contributed by atoms with Gasteiger partial charge in [-0.2, -0.15) is 0 Å². The summed E-state index contributed by atoms with van der Waals surface area (Å²) in [5.41, 5.74) is 2.67. The lowest BCUT2D eigenvalue weighted by Crippen LogP contribution is -2.32. The van der Waals surface area contributed by atoms with Crippen LogP contribution in [0.5, 0.6) is 0 Å². The summed E-state index contributed by atoms with van der Waals surface area (Å²) >= 11 is 1.30. The van der Waals surface area contributed by atoms with E-state index in [-0.39, 0.29) is 17.8 Å². The second kappa shape index (κ2) is 8.77. The predicted molar refractivity (Wildman–Crippen MR) is 108 cm³/mol. The number of hydrogen-bond acceptors (Lipinski definition) is 4. The van der Waals surface area contributed by atoms with Gasteiger partial charge in [0.1, 0.15) is 10.7 Å². The summed E-state index contributed by atoms with van der Waals surface area (Å²) in [6.07, 6.45) is 1.79. The highest BCUT2D eigenvalue weighted by atomic mass is 32.1. The van der Waals surface area contributed by atoms with Crippen molar-refractivity contribution in [2.45, 2.75) is 32.7 Å². The normalized spacial score (nSPS) is 11.8. The number of thiazole rings is 1. The number of hydrogen-bond donors (Lipinski definition) is 2. The Kier molecular flexibility index (Phi) is 6.19. The van der Waals surface area contributed by atoms with Crippen LogP contribution >= 0.6 is 11.3 Å². The third-order valence-corrected chi connectivity index (χ3v) is 5.26. The molecule has 2 N–H and O–H groups in total. The van der Waals surface area contributed by atoms with E-state index in [2.05, 4.69) is 27.8 Å². The molecule has 1 amide bonds. The molecule has 0 bridgehead atoms. The van der Waals surface area contributed by atoms with E-state index in [1.54, 1.807) is 12.1 Å². The Morgan fingerprint density at radius 1 is 1.15 bits per heavy atom. The van der Waals surface area contributed by atoms with Crippen molar-refractivity contribution in [2.75, 3.05) is 5.32 Å². The molecule has 3 rings (SSSR count). The fourth-order valence-corrected chi connectivity index (χ4v) is 3.60. The molecular weight excluding hydrogens is 361 g/mol. The molecular formula is C21H22FN3OS. The lowest BCUT2D eigenvalue weighted by molar-refractivity contribution is 0.0941. The third kappa shape index (κ3) is 5.37. The second-order valence-corrected chi connectivity index (χ2v) is 7.46. The smallest absolute Gasteiger partial charge is 0.263 e. The van der Waals surface area contributed by atoms with E-state index >= 15 is 0 Å². The van der Waals surface area contributed by atoms with E-state index in [4.69, 9.17) is 0 Å². The minimum atomic E-state index is -0.291. The molecule has 0 fully saturated rings. The van der Waals surface area contributed by atoms with Gasteiger partial charge in [0, 0.05) is 11.7 Å². The molecule has 0 aliphatic heterocycles. The average Bonchev–Trinajstić information content (AvgIpc) is 3.03. The molecule has 2 aromatic carbocycles. The van der Waals surface area contributed by atoms with Gasteiger partial charge in [0.25, 0.3) is 5.91 Å². The summed E-state index contributed by atoms with van der Waals surface area (Å²) in [5.74, 6) is -0.404. The van der Waals surface area contributed by atoms with Crippen LogP contribution in [0.2, 0.25) is 0 Å². The molecule has 0 saturated heterocycles. The van der Waals surface area contributed by atoms with Gasteiger partial charge in [-0.1, -0.05) is 41.7 Å². The van der Waals surface area contributed by atoms with E-state index in [0.29, 0.717) is 15.7 Å². The molecule has 3 aromatic rings. The van der Waals surface area contributed by atoms with E-state index in [9.17, 15) is 9.18 Å². The van der Waals surface area contributed by atoms with E-state index in [1.807, 2.05) is 32.0 Å². The van der Waals surface area contributed by atoms with Gasteiger partial charge < -0.3 is 10.6 Å². The van der Waals surface area contributed by atoms with Crippen LogP contribution in [0.4, 0.5) is 15.2 Å². The number of nitrogens with one attached hydrogen (secondary N) is 2. The monoisotopic (exact) mass is 383 g/mol. The summed E-state index contributed by atoms with van der Waals surface area (Å²) in [6.45, 7) is 3.82.